The van der Waals surface area contributed by atoms with Crippen LogP contribution in [0.25, 0.3) is 0 Å². The van der Waals surface area contributed by atoms with Gasteiger partial charge in [0.15, 0.2) is 0 Å². The number of hydrogen-bond acceptors (Lipinski definition) is 3. The number of hydrogen-bond donors (Lipinski definition) is 1. The Morgan fingerprint density at radius 3 is 2.68 bits per heavy atom. The van der Waals surface area contributed by atoms with Gasteiger partial charge in [-0.1, -0.05) is 17.7 Å². The molecule has 1 N–H and O–H groups in total. The first-order valence-electron chi connectivity index (χ1n) is 5.80. The lowest BCUT2D eigenvalue weighted by atomic mass is 9.85. The fourth-order valence-electron chi connectivity index (χ4n) is 2.25. The van der Waals surface area contributed by atoms with Crippen LogP contribution in [0.1, 0.15) is 31.0 Å². The molecule has 1 aromatic rings. The van der Waals surface area contributed by atoms with Crippen molar-refractivity contribution in [1.82, 2.24) is 4.98 Å². The van der Waals surface area contributed by atoms with Crippen molar-refractivity contribution in [2.24, 2.45) is 0 Å². The Hall–Kier alpha value is -0.850. The number of ether oxygens (including phenoxy) is 1. The van der Waals surface area contributed by atoms with E-state index in [2.05, 4.69) is 4.98 Å². The number of halogens is 4. The zero-order chi connectivity index (χ0) is 14.3. The van der Waals surface area contributed by atoms with Gasteiger partial charge in [0.2, 0.25) is 0 Å². The molecule has 1 aliphatic rings. The zero-order valence-electron chi connectivity index (χ0n) is 10.2. The van der Waals surface area contributed by atoms with E-state index in [1.807, 2.05) is 0 Å². The summed E-state index contributed by atoms with van der Waals surface area (Å²) in [5, 5.41) is 10.2. The number of aromatic nitrogens is 1. The Kier molecular flexibility index (Phi) is 3.77. The van der Waals surface area contributed by atoms with Crippen LogP contribution < -0.4 is 0 Å². The van der Waals surface area contributed by atoms with Crippen molar-refractivity contribution in [2.45, 2.75) is 37.6 Å². The van der Waals surface area contributed by atoms with E-state index in [4.69, 9.17) is 16.3 Å². The highest BCUT2D eigenvalue weighted by Crippen LogP contribution is 2.39. The molecule has 0 amide bonds. The van der Waals surface area contributed by atoms with Gasteiger partial charge >= 0.3 is 6.18 Å². The Morgan fingerprint density at radius 2 is 2.16 bits per heavy atom. The highest BCUT2D eigenvalue weighted by atomic mass is 35.5. The molecule has 7 heteroatoms. The van der Waals surface area contributed by atoms with Crippen LogP contribution in [-0.4, -0.2) is 22.8 Å². The zero-order valence-corrected chi connectivity index (χ0v) is 10.9. The molecule has 2 unspecified atom stereocenters. The number of pyridine rings is 1. The first-order valence-corrected chi connectivity index (χ1v) is 6.18. The van der Waals surface area contributed by atoms with Gasteiger partial charge in [0, 0.05) is 18.4 Å². The molecule has 3 nitrogen and oxygen atoms in total. The highest BCUT2D eigenvalue weighted by molar-refractivity contribution is 6.30. The smallest absolute Gasteiger partial charge is 0.385 e. The van der Waals surface area contributed by atoms with E-state index in [1.165, 1.54) is 6.07 Å². The summed E-state index contributed by atoms with van der Waals surface area (Å²) in [6, 6.07) is 2.02. The molecular weight excluding hydrogens is 283 g/mol. The Balaban J connectivity index is 2.35. The predicted octanol–water partition coefficient (Wildman–Crippen LogP) is 3.14. The van der Waals surface area contributed by atoms with Gasteiger partial charge < -0.3 is 9.84 Å². The molecule has 0 spiro atoms. The minimum atomic E-state index is -4.55. The van der Waals surface area contributed by atoms with Crippen LogP contribution in [0.4, 0.5) is 13.2 Å². The van der Waals surface area contributed by atoms with Crippen LogP contribution in [0.3, 0.4) is 0 Å². The van der Waals surface area contributed by atoms with E-state index in [0.717, 1.165) is 6.07 Å². The molecule has 2 atom stereocenters. The van der Waals surface area contributed by atoms with Crippen LogP contribution in [0, 0.1) is 0 Å². The summed E-state index contributed by atoms with van der Waals surface area (Å²) in [5.74, 6) is 0. The number of nitrogens with zero attached hydrogens (tertiary/aromatic N) is 1. The fraction of sp³-hybridized carbons (Fsp3) is 0.583. The second-order valence-electron chi connectivity index (χ2n) is 4.70. The highest BCUT2D eigenvalue weighted by Gasteiger charge is 2.39. The first kappa shape index (κ1) is 14.6. The van der Waals surface area contributed by atoms with Crippen LogP contribution in [0.15, 0.2) is 12.1 Å². The van der Waals surface area contributed by atoms with Crippen LogP contribution in [0.2, 0.25) is 5.15 Å². The lowest BCUT2D eigenvalue weighted by Gasteiger charge is -2.36. The van der Waals surface area contributed by atoms with E-state index >= 15 is 0 Å². The Bertz CT molecular complexity index is 481. The normalized spacial score (nSPS) is 28.4. The topological polar surface area (TPSA) is 42.4 Å². The molecule has 19 heavy (non-hydrogen) atoms. The van der Waals surface area contributed by atoms with Crippen molar-refractivity contribution in [3.8, 4) is 0 Å². The van der Waals surface area contributed by atoms with Gasteiger partial charge in [-0.15, -0.1) is 0 Å². The average Bonchev–Trinajstić information content (AvgIpc) is 2.26. The van der Waals surface area contributed by atoms with Crippen LogP contribution in [-0.2, 0) is 16.5 Å². The summed E-state index contributed by atoms with van der Waals surface area (Å²) in [5.41, 5.74) is -2.13. The third-order valence-corrected chi connectivity index (χ3v) is 3.47. The van der Waals surface area contributed by atoms with Crippen molar-refractivity contribution >= 4 is 11.6 Å². The van der Waals surface area contributed by atoms with Crippen molar-refractivity contribution in [2.75, 3.05) is 6.61 Å². The standard InChI is InChI=1S/C12H13ClF3NO2/c1-7-6-11(18,4-5-19-7)8-2-3-9(12(14,15)16)17-10(8)13/h2-3,7,18H,4-6H2,1H3. The van der Waals surface area contributed by atoms with Crippen LogP contribution >= 0.6 is 11.6 Å². The predicted molar refractivity (Wildman–Crippen MR) is 62.8 cm³/mol. The third-order valence-electron chi connectivity index (χ3n) is 3.18. The SMILES string of the molecule is CC1CC(O)(c2ccc(C(F)(F)F)nc2Cl)CCO1. The largest absolute Gasteiger partial charge is 0.433 e. The maximum absolute atomic E-state index is 12.5. The van der Waals surface area contributed by atoms with Gasteiger partial charge in [-0.05, 0) is 13.0 Å². The molecular formula is C12H13ClF3NO2. The van der Waals surface area contributed by atoms with Gasteiger partial charge in [0.05, 0.1) is 18.3 Å². The maximum Gasteiger partial charge on any atom is 0.433 e. The molecule has 106 valence electrons. The quantitative estimate of drug-likeness (QED) is 0.809. The molecule has 2 heterocycles. The van der Waals surface area contributed by atoms with Gasteiger partial charge in [-0.25, -0.2) is 4.98 Å². The second-order valence-corrected chi connectivity index (χ2v) is 5.06. The van der Waals surface area contributed by atoms with Gasteiger partial charge in [0.1, 0.15) is 10.8 Å². The number of aliphatic hydroxyl groups is 1. The maximum atomic E-state index is 12.5. The summed E-state index contributed by atoms with van der Waals surface area (Å²) in [4.78, 5) is 3.33. The van der Waals surface area contributed by atoms with Gasteiger partial charge in [-0.2, -0.15) is 13.2 Å². The van der Waals surface area contributed by atoms with Gasteiger partial charge in [-0.3, -0.25) is 0 Å². The van der Waals surface area contributed by atoms with E-state index in [0.29, 0.717) is 6.61 Å². The summed E-state index contributed by atoms with van der Waals surface area (Å²) in [6.07, 6.45) is -4.17. The first-order chi connectivity index (χ1) is 8.72. The van der Waals surface area contributed by atoms with Crippen molar-refractivity contribution in [3.05, 3.63) is 28.5 Å². The Morgan fingerprint density at radius 1 is 1.47 bits per heavy atom. The molecule has 0 saturated carbocycles. The lowest BCUT2D eigenvalue weighted by Crippen LogP contribution is -2.37. The molecule has 0 aliphatic carbocycles. The molecule has 1 fully saturated rings. The summed E-state index contributed by atoms with van der Waals surface area (Å²) in [7, 11) is 0. The van der Waals surface area contributed by atoms with Crippen molar-refractivity contribution in [3.63, 3.8) is 0 Å². The summed E-state index contributed by atoms with van der Waals surface area (Å²) >= 11 is 5.79. The summed E-state index contributed by atoms with van der Waals surface area (Å²) in [6.45, 7) is 2.12. The minimum absolute atomic E-state index is 0.183. The number of rotatable bonds is 1. The van der Waals surface area contributed by atoms with Gasteiger partial charge in [0.25, 0.3) is 0 Å². The Labute approximate surface area is 113 Å². The van der Waals surface area contributed by atoms with E-state index in [9.17, 15) is 18.3 Å². The van der Waals surface area contributed by atoms with E-state index in [-0.39, 0.29) is 29.7 Å². The molecule has 0 radical (unpaired) electrons. The molecule has 2 rings (SSSR count). The molecule has 1 aromatic heterocycles. The second kappa shape index (κ2) is 4.92. The van der Waals surface area contributed by atoms with Crippen LogP contribution in [0.5, 0.6) is 0 Å². The molecule has 0 aromatic carbocycles. The molecule has 0 bridgehead atoms. The fourth-order valence-corrected chi connectivity index (χ4v) is 2.58. The molecule has 1 aliphatic heterocycles. The average molecular weight is 296 g/mol. The summed E-state index contributed by atoms with van der Waals surface area (Å²) < 4.78 is 42.8. The number of alkyl halides is 3. The third kappa shape index (κ3) is 3.01. The van der Waals surface area contributed by atoms with Crippen molar-refractivity contribution in [1.29, 1.82) is 0 Å². The van der Waals surface area contributed by atoms with Crippen molar-refractivity contribution < 1.29 is 23.0 Å². The lowest BCUT2D eigenvalue weighted by molar-refractivity contribution is -0.141. The van der Waals surface area contributed by atoms with E-state index in [1.54, 1.807) is 6.92 Å². The van der Waals surface area contributed by atoms with E-state index < -0.39 is 17.5 Å². The molecule has 1 saturated heterocycles. The monoisotopic (exact) mass is 295 g/mol. The minimum Gasteiger partial charge on any atom is -0.385 e.